The Morgan fingerprint density at radius 1 is 0.326 bits per heavy atom. The second kappa shape index (κ2) is 11.4. The standard InChI is InChI=1S/C44H36N2/c1-3-15-33(16-4-1)43(45-27-35-19-7-8-20-36(35)28-45)44(34-17-5-2-6-18-34)46-29-37-25-23-31-13-9-11-21-39(31)41(37)42-38(30-46)26-24-32-14-10-12-22-40(32)42/h1-26,43-44H,27-30H2/t43-,44-/m1/s1. The van der Waals surface area contributed by atoms with Crippen molar-refractivity contribution in [3.05, 3.63) is 191 Å². The Balaban J connectivity index is 1.27. The minimum atomic E-state index is 0.134. The Bertz CT molecular complexity index is 2070. The highest BCUT2D eigenvalue weighted by Gasteiger charge is 2.38. The molecule has 2 nitrogen and oxygen atoms in total. The van der Waals surface area contributed by atoms with Gasteiger partial charge in [-0.25, -0.2) is 0 Å². The fourth-order valence-electron chi connectivity index (χ4n) is 8.22. The molecule has 0 saturated heterocycles. The van der Waals surface area contributed by atoms with Crippen molar-refractivity contribution in [2.24, 2.45) is 0 Å². The van der Waals surface area contributed by atoms with Crippen molar-refractivity contribution in [3.63, 3.8) is 0 Å². The molecule has 0 N–H and O–H groups in total. The molecule has 2 aliphatic heterocycles. The van der Waals surface area contributed by atoms with Gasteiger partial charge in [-0.15, -0.1) is 0 Å². The summed E-state index contributed by atoms with van der Waals surface area (Å²) < 4.78 is 0. The van der Waals surface area contributed by atoms with E-state index in [1.807, 2.05) is 0 Å². The van der Waals surface area contributed by atoms with Crippen LogP contribution in [-0.2, 0) is 26.2 Å². The second-order valence-electron chi connectivity index (χ2n) is 12.9. The zero-order valence-corrected chi connectivity index (χ0v) is 25.9. The summed E-state index contributed by atoms with van der Waals surface area (Å²) in [4.78, 5) is 5.48. The first-order valence-corrected chi connectivity index (χ1v) is 16.5. The molecule has 0 spiro atoms. The van der Waals surface area contributed by atoms with Crippen molar-refractivity contribution in [1.82, 2.24) is 9.80 Å². The van der Waals surface area contributed by atoms with Gasteiger partial charge < -0.3 is 0 Å². The lowest BCUT2D eigenvalue weighted by molar-refractivity contribution is 0.0632. The normalized spacial score (nSPS) is 16.0. The van der Waals surface area contributed by atoms with E-state index in [2.05, 4.69) is 168 Å². The molecule has 9 rings (SSSR count). The van der Waals surface area contributed by atoms with Gasteiger partial charge in [0.05, 0.1) is 12.1 Å². The van der Waals surface area contributed by atoms with E-state index in [1.165, 1.54) is 66.1 Å². The lowest BCUT2D eigenvalue weighted by Crippen LogP contribution is -2.38. The number of benzene rings is 7. The second-order valence-corrected chi connectivity index (χ2v) is 12.9. The number of nitrogens with zero attached hydrogens (tertiary/aromatic N) is 2. The van der Waals surface area contributed by atoms with E-state index in [0.29, 0.717) is 0 Å². The van der Waals surface area contributed by atoms with Crippen molar-refractivity contribution in [1.29, 1.82) is 0 Å². The van der Waals surface area contributed by atoms with Crippen LogP contribution in [0.25, 0.3) is 32.7 Å². The molecular weight excluding hydrogens is 556 g/mol. The minimum Gasteiger partial charge on any atom is -0.286 e. The summed E-state index contributed by atoms with van der Waals surface area (Å²) >= 11 is 0. The first-order valence-electron chi connectivity index (χ1n) is 16.5. The maximum absolute atomic E-state index is 2.77. The van der Waals surface area contributed by atoms with Crippen molar-refractivity contribution >= 4 is 21.5 Å². The highest BCUT2D eigenvalue weighted by atomic mass is 15.3. The first kappa shape index (κ1) is 27.3. The fraction of sp³-hybridized carbons (Fsp3) is 0.136. The third kappa shape index (κ3) is 4.65. The monoisotopic (exact) mass is 592 g/mol. The summed E-state index contributed by atoms with van der Waals surface area (Å²) in [6.45, 7) is 3.64. The van der Waals surface area contributed by atoms with Gasteiger partial charge in [0, 0.05) is 26.2 Å². The molecule has 2 heteroatoms. The van der Waals surface area contributed by atoms with Gasteiger partial charge in [-0.3, -0.25) is 9.80 Å². The molecule has 2 aliphatic rings. The van der Waals surface area contributed by atoms with Crippen LogP contribution in [0.3, 0.4) is 0 Å². The molecule has 0 aliphatic carbocycles. The van der Waals surface area contributed by atoms with E-state index in [9.17, 15) is 0 Å². The molecular formula is C44H36N2. The van der Waals surface area contributed by atoms with Crippen LogP contribution in [0, 0.1) is 0 Å². The average molecular weight is 593 g/mol. The van der Waals surface area contributed by atoms with Crippen LogP contribution in [0.4, 0.5) is 0 Å². The third-order valence-corrected chi connectivity index (χ3v) is 10.3. The Hall–Kier alpha value is -5.02. The van der Waals surface area contributed by atoms with Crippen molar-refractivity contribution in [2.45, 2.75) is 38.3 Å². The van der Waals surface area contributed by atoms with E-state index >= 15 is 0 Å². The van der Waals surface area contributed by atoms with Crippen LogP contribution in [0.5, 0.6) is 0 Å². The summed E-state index contributed by atoms with van der Waals surface area (Å²) in [6, 6.07) is 59.1. The molecule has 0 bridgehead atoms. The maximum Gasteiger partial charge on any atom is 0.0552 e. The Labute approximate surface area is 271 Å². The van der Waals surface area contributed by atoms with E-state index < -0.39 is 0 Å². The molecule has 2 atom stereocenters. The van der Waals surface area contributed by atoms with Gasteiger partial charge in [-0.2, -0.15) is 0 Å². The zero-order chi connectivity index (χ0) is 30.5. The minimum absolute atomic E-state index is 0.134. The van der Waals surface area contributed by atoms with Gasteiger partial charge in [0.25, 0.3) is 0 Å². The summed E-state index contributed by atoms with van der Waals surface area (Å²) in [5, 5.41) is 5.27. The summed E-state index contributed by atoms with van der Waals surface area (Å²) in [5.74, 6) is 0. The molecule has 0 radical (unpaired) electrons. The van der Waals surface area contributed by atoms with E-state index in [4.69, 9.17) is 0 Å². The quantitative estimate of drug-likeness (QED) is 0.196. The van der Waals surface area contributed by atoms with Gasteiger partial charge >= 0.3 is 0 Å². The van der Waals surface area contributed by atoms with Crippen LogP contribution in [0.15, 0.2) is 158 Å². The Kier molecular flexibility index (Phi) is 6.77. The fourth-order valence-corrected chi connectivity index (χ4v) is 8.22. The van der Waals surface area contributed by atoms with Gasteiger partial charge in [-0.05, 0) is 66.1 Å². The summed E-state index contributed by atoms with van der Waals surface area (Å²) in [7, 11) is 0. The largest absolute Gasteiger partial charge is 0.286 e. The molecule has 0 saturated carbocycles. The van der Waals surface area contributed by atoms with E-state index in [1.54, 1.807) is 0 Å². The van der Waals surface area contributed by atoms with Crippen LogP contribution < -0.4 is 0 Å². The lowest BCUT2D eigenvalue weighted by Gasteiger charge is -2.42. The summed E-state index contributed by atoms with van der Waals surface area (Å²) in [5.41, 5.74) is 11.2. The first-order chi connectivity index (χ1) is 22.8. The number of fused-ring (bicyclic) bond motifs is 8. The Morgan fingerprint density at radius 3 is 1.15 bits per heavy atom. The number of hydrogen-bond acceptors (Lipinski definition) is 2. The predicted octanol–water partition coefficient (Wildman–Crippen LogP) is 10.5. The van der Waals surface area contributed by atoms with Crippen molar-refractivity contribution < 1.29 is 0 Å². The van der Waals surface area contributed by atoms with Gasteiger partial charge in [0.15, 0.2) is 0 Å². The van der Waals surface area contributed by atoms with Crippen molar-refractivity contribution in [3.8, 4) is 11.1 Å². The Morgan fingerprint density at radius 2 is 0.696 bits per heavy atom. The molecule has 0 aromatic heterocycles. The lowest BCUT2D eigenvalue weighted by atomic mass is 9.88. The highest BCUT2D eigenvalue weighted by molar-refractivity contribution is 6.08. The summed E-state index contributed by atoms with van der Waals surface area (Å²) in [6.07, 6.45) is 0. The maximum atomic E-state index is 2.77. The SMILES string of the molecule is c1ccc([C@H]([C@@H](c2ccccc2)N2Cc3ccc4ccccc4c3-c3c(ccc4ccccc34)C2)N2Cc3ccccc3C2)cc1. The smallest absolute Gasteiger partial charge is 0.0552 e. The van der Waals surface area contributed by atoms with Crippen LogP contribution in [0.2, 0.25) is 0 Å². The molecule has 0 amide bonds. The average Bonchev–Trinajstić information content (AvgIpc) is 3.46. The van der Waals surface area contributed by atoms with E-state index in [-0.39, 0.29) is 12.1 Å². The molecule has 46 heavy (non-hydrogen) atoms. The molecule has 0 unspecified atom stereocenters. The van der Waals surface area contributed by atoms with Gasteiger partial charge in [-0.1, -0.05) is 158 Å². The number of hydrogen-bond donors (Lipinski definition) is 0. The molecule has 7 aromatic carbocycles. The van der Waals surface area contributed by atoms with Gasteiger partial charge in [0.2, 0.25) is 0 Å². The molecule has 2 heterocycles. The van der Waals surface area contributed by atoms with E-state index in [0.717, 1.165) is 26.2 Å². The highest BCUT2D eigenvalue weighted by Crippen LogP contribution is 2.48. The molecule has 7 aromatic rings. The molecule has 222 valence electrons. The molecule has 0 fully saturated rings. The zero-order valence-electron chi connectivity index (χ0n) is 25.9. The number of rotatable bonds is 5. The van der Waals surface area contributed by atoms with Crippen LogP contribution in [-0.4, -0.2) is 9.80 Å². The van der Waals surface area contributed by atoms with Crippen LogP contribution >= 0.6 is 0 Å². The topological polar surface area (TPSA) is 6.48 Å². The van der Waals surface area contributed by atoms with Crippen molar-refractivity contribution in [2.75, 3.05) is 0 Å². The third-order valence-electron chi connectivity index (χ3n) is 10.3. The van der Waals surface area contributed by atoms with Gasteiger partial charge in [0.1, 0.15) is 0 Å². The van der Waals surface area contributed by atoms with Crippen LogP contribution in [0.1, 0.15) is 45.5 Å². The predicted molar refractivity (Wildman–Crippen MR) is 190 cm³/mol.